The molecule has 0 fully saturated rings. The van der Waals surface area contributed by atoms with Gasteiger partial charge in [0.1, 0.15) is 5.75 Å². The molecule has 0 bridgehead atoms. The number of carbonyl (C=O) groups excluding carboxylic acids is 1. The van der Waals surface area contributed by atoms with Crippen molar-refractivity contribution in [1.82, 2.24) is 9.78 Å². The first-order valence-corrected chi connectivity index (χ1v) is 8.13. The van der Waals surface area contributed by atoms with Gasteiger partial charge in [-0.25, -0.2) is 4.68 Å². The summed E-state index contributed by atoms with van der Waals surface area (Å²) in [6.45, 7) is 1.92. The molecule has 24 heavy (non-hydrogen) atoms. The van der Waals surface area contributed by atoms with E-state index in [1.807, 2.05) is 49.4 Å². The van der Waals surface area contributed by atoms with E-state index in [0.717, 1.165) is 27.2 Å². The number of amides is 1. The summed E-state index contributed by atoms with van der Waals surface area (Å²) >= 11 is 3.40. The minimum atomic E-state index is -0.202. The highest BCUT2D eigenvalue weighted by molar-refractivity contribution is 9.10. The number of nitrogens with zero attached hydrogens (tertiary/aromatic N) is 2. The Hall–Kier alpha value is -2.60. The SMILES string of the molecule is COc1ccc(NC(=O)c2cnn(-c3ccc(Br)cc3)c2)c(C)c1. The zero-order valence-electron chi connectivity index (χ0n) is 13.3. The van der Waals surface area contributed by atoms with E-state index in [1.54, 1.807) is 24.2 Å². The first kappa shape index (κ1) is 16.3. The van der Waals surface area contributed by atoms with Gasteiger partial charge in [-0.15, -0.1) is 0 Å². The van der Waals surface area contributed by atoms with Crippen molar-refractivity contribution < 1.29 is 9.53 Å². The van der Waals surface area contributed by atoms with E-state index >= 15 is 0 Å². The van der Waals surface area contributed by atoms with Crippen LogP contribution < -0.4 is 10.1 Å². The molecule has 1 aromatic heterocycles. The van der Waals surface area contributed by atoms with Crippen LogP contribution in [-0.4, -0.2) is 22.8 Å². The van der Waals surface area contributed by atoms with Crippen molar-refractivity contribution in [3.05, 3.63) is 70.5 Å². The molecule has 0 aliphatic heterocycles. The first-order chi connectivity index (χ1) is 11.6. The minimum absolute atomic E-state index is 0.202. The number of methoxy groups -OCH3 is 1. The molecule has 0 aliphatic rings. The van der Waals surface area contributed by atoms with Gasteiger partial charge in [0, 0.05) is 16.4 Å². The summed E-state index contributed by atoms with van der Waals surface area (Å²) in [4.78, 5) is 12.4. The summed E-state index contributed by atoms with van der Waals surface area (Å²) in [7, 11) is 1.61. The number of hydrogen-bond acceptors (Lipinski definition) is 3. The van der Waals surface area contributed by atoms with Crippen LogP contribution in [0.5, 0.6) is 5.75 Å². The Labute approximate surface area is 148 Å². The topological polar surface area (TPSA) is 56.1 Å². The van der Waals surface area contributed by atoms with Crippen LogP contribution in [0.25, 0.3) is 5.69 Å². The molecular formula is C18H16BrN3O2. The quantitative estimate of drug-likeness (QED) is 0.731. The van der Waals surface area contributed by atoms with Crippen LogP contribution in [0.15, 0.2) is 59.3 Å². The molecule has 1 N–H and O–H groups in total. The van der Waals surface area contributed by atoms with Gasteiger partial charge in [-0.05, 0) is 55.0 Å². The molecule has 0 saturated carbocycles. The van der Waals surface area contributed by atoms with Crippen LogP contribution in [0.3, 0.4) is 0 Å². The van der Waals surface area contributed by atoms with Gasteiger partial charge in [-0.2, -0.15) is 5.10 Å². The van der Waals surface area contributed by atoms with Gasteiger partial charge >= 0.3 is 0 Å². The summed E-state index contributed by atoms with van der Waals surface area (Å²) in [5, 5.41) is 7.15. The summed E-state index contributed by atoms with van der Waals surface area (Å²) in [6, 6.07) is 13.2. The fraction of sp³-hybridized carbons (Fsp3) is 0.111. The standard InChI is InChI=1S/C18H16BrN3O2/c1-12-9-16(24-2)7-8-17(12)21-18(23)13-10-20-22(11-13)15-5-3-14(19)4-6-15/h3-11H,1-2H3,(H,21,23). The highest BCUT2D eigenvalue weighted by atomic mass is 79.9. The second-order valence-corrected chi connectivity index (χ2v) is 6.20. The van der Waals surface area contributed by atoms with Gasteiger partial charge in [-0.3, -0.25) is 4.79 Å². The Morgan fingerprint density at radius 3 is 2.62 bits per heavy atom. The normalized spacial score (nSPS) is 10.5. The smallest absolute Gasteiger partial charge is 0.258 e. The van der Waals surface area contributed by atoms with E-state index < -0.39 is 0 Å². The molecule has 122 valence electrons. The number of halogens is 1. The van der Waals surface area contributed by atoms with Gasteiger partial charge in [0.15, 0.2) is 0 Å². The highest BCUT2D eigenvalue weighted by Crippen LogP contribution is 2.22. The van der Waals surface area contributed by atoms with Crippen molar-refractivity contribution in [1.29, 1.82) is 0 Å². The molecule has 0 spiro atoms. The average molecular weight is 386 g/mol. The van der Waals surface area contributed by atoms with Gasteiger partial charge in [0.05, 0.1) is 24.6 Å². The predicted octanol–water partition coefficient (Wildman–Crippen LogP) is 4.20. The van der Waals surface area contributed by atoms with Crippen molar-refractivity contribution in [2.45, 2.75) is 6.92 Å². The van der Waals surface area contributed by atoms with E-state index in [9.17, 15) is 4.79 Å². The maximum Gasteiger partial charge on any atom is 0.258 e. The molecule has 3 aromatic rings. The Morgan fingerprint density at radius 1 is 1.21 bits per heavy atom. The van der Waals surface area contributed by atoms with E-state index in [4.69, 9.17) is 4.74 Å². The molecule has 1 amide bonds. The molecule has 2 aromatic carbocycles. The summed E-state index contributed by atoms with van der Waals surface area (Å²) < 4.78 is 7.83. The minimum Gasteiger partial charge on any atom is -0.497 e. The molecular weight excluding hydrogens is 370 g/mol. The molecule has 3 rings (SSSR count). The van der Waals surface area contributed by atoms with Crippen LogP contribution in [0.2, 0.25) is 0 Å². The fourth-order valence-electron chi connectivity index (χ4n) is 2.27. The van der Waals surface area contributed by atoms with Crippen LogP contribution >= 0.6 is 15.9 Å². The molecule has 0 atom stereocenters. The lowest BCUT2D eigenvalue weighted by Crippen LogP contribution is -2.12. The number of rotatable bonds is 4. The van der Waals surface area contributed by atoms with E-state index in [2.05, 4.69) is 26.3 Å². The number of benzene rings is 2. The predicted molar refractivity (Wildman–Crippen MR) is 96.9 cm³/mol. The van der Waals surface area contributed by atoms with Gasteiger partial charge in [-0.1, -0.05) is 15.9 Å². The van der Waals surface area contributed by atoms with Crippen molar-refractivity contribution in [2.24, 2.45) is 0 Å². The Morgan fingerprint density at radius 2 is 1.96 bits per heavy atom. The molecule has 0 radical (unpaired) electrons. The van der Waals surface area contributed by atoms with Crippen molar-refractivity contribution in [3.63, 3.8) is 0 Å². The summed E-state index contributed by atoms with van der Waals surface area (Å²) in [6.07, 6.45) is 3.26. The van der Waals surface area contributed by atoms with Crippen LogP contribution in [0.1, 0.15) is 15.9 Å². The largest absolute Gasteiger partial charge is 0.497 e. The molecule has 0 aliphatic carbocycles. The lowest BCUT2D eigenvalue weighted by Gasteiger charge is -2.09. The Kier molecular flexibility index (Phi) is 4.66. The van der Waals surface area contributed by atoms with Crippen LogP contribution in [0.4, 0.5) is 5.69 Å². The number of anilines is 1. The third-order valence-corrected chi connectivity index (χ3v) is 4.15. The molecule has 1 heterocycles. The molecule has 0 unspecified atom stereocenters. The molecule has 6 heteroatoms. The number of hydrogen-bond donors (Lipinski definition) is 1. The molecule has 0 saturated heterocycles. The first-order valence-electron chi connectivity index (χ1n) is 7.33. The van der Waals surface area contributed by atoms with E-state index in [1.165, 1.54) is 0 Å². The summed E-state index contributed by atoms with van der Waals surface area (Å²) in [5.41, 5.74) is 3.06. The molecule has 5 nitrogen and oxygen atoms in total. The maximum absolute atomic E-state index is 12.4. The van der Waals surface area contributed by atoms with E-state index in [0.29, 0.717) is 5.56 Å². The average Bonchev–Trinajstić information content (AvgIpc) is 3.07. The lowest BCUT2D eigenvalue weighted by atomic mass is 10.2. The van der Waals surface area contributed by atoms with Gasteiger partial charge < -0.3 is 10.1 Å². The highest BCUT2D eigenvalue weighted by Gasteiger charge is 2.11. The van der Waals surface area contributed by atoms with Gasteiger partial charge in [0.25, 0.3) is 5.91 Å². The second-order valence-electron chi connectivity index (χ2n) is 5.28. The van der Waals surface area contributed by atoms with Crippen molar-refractivity contribution in [3.8, 4) is 11.4 Å². The van der Waals surface area contributed by atoms with Crippen LogP contribution in [0, 0.1) is 6.92 Å². The number of aryl methyl sites for hydroxylation is 1. The zero-order valence-corrected chi connectivity index (χ0v) is 14.9. The monoisotopic (exact) mass is 385 g/mol. The second kappa shape index (κ2) is 6.88. The lowest BCUT2D eigenvalue weighted by molar-refractivity contribution is 0.102. The third-order valence-electron chi connectivity index (χ3n) is 3.62. The number of nitrogens with one attached hydrogen (secondary N) is 1. The number of ether oxygens (including phenoxy) is 1. The van der Waals surface area contributed by atoms with E-state index in [-0.39, 0.29) is 5.91 Å². The number of carbonyl (C=O) groups is 1. The number of aromatic nitrogens is 2. The van der Waals surface area contributed by atoms with Crippen LogP contribution in [-0.2, 0) is 0 Å². The maximum atomic E-state index is 12.4. The van der Waals surface area contributed by atoms with Crippen molar-refractivity contribution in [2.75, 3.05) is 12.4 Å². The zero-order chi connectivity index (χ0) is 17.1. The summed E-state index contributed by atoms with van der Waals surface area (Å²) in [5.74, 6) is 0.556. The van der Waals surface area contributed by atoms with Crippen molar-refractivity contribution >= 4 is 27.5 Å². The Balaban J connectivity index is 1.77. The Bertz CT molecular complexity index is 872. The van der Waals surface area contributed by atoms with Gasteiger partial charge in [0.2, 0.25) is 0 Å². The fourth-order valence-corrected chi connectivity index (χ4v) is 2.54. The third kappa shape index (κ3) is 3.49.